The molecule has 2 aromatic rings. The molecule has 0 saturated heterocycles. The first-order valence-electron chi connectivity index (χ1n) is 7.16. The third-order valence-electron chi connectivity index (χ3n) is 3.94. The Kier molecular flexibility index (Phi) is 3.52. The Morgan fingerprint density at radius 3 is 2.52 bits per heavy atom. The summed E-state index contributed by atoms with van der Waals surface area (Å²) in [7, 11) is 0. The first-order valence-corrected chi connectivity index (χ1v) is 7.16. The van der Waals surface area contributed by atoms with Gasteiger partial charge in [-0.15, -0.1) is 0 Å². The van der Waals surface area contributed by atoms with E-state index >= 15 is 0 Å². The van der Waals surface area contributed by atoms with Crippen LogP contribution in [0.25, 0.3) is 0 Å². The smallest absolute Gasteiger partial charge is 0.319 e. The van der Waals surface area contributed by atoms with Crippen molar-refractivity contribution < 1.29 is 4.79 Å². The van der Waals surface area contributed by atoms with Gasteiger partial charge in [-0.25, -0.2) is 4.79 Å². The van der Waals surface area contributed by atoms with Gasteiger partial charge in [0.15, 0.2) is 0 Å². The minimum Gasteiger partial charge on any atom is -0.378 e. The van der Waals surface area contributed by atoms with Gasteiger partial charge in [0.2, 0.25) is 0 Å². The number of nitrogens with zero attached hydrogens (tertiary/aromatic N) is 1. The molecule has 0 fully saturated rings. The van der Waals surface area contributed by atoms with Crippen molar-refractivity contribution in [1.82, 2.24) is 0 Å². The second-order valence-electron chi connectivity index (χ2n) is 5.41. The number of nitrogens with two attached hydrogens (primary N) is 1. The summed E-state index contributed by atoms with van der Waals surface area (Å²) in [6, 6.07) is 17.9. The van der Waals surface area contributed by atoms with Crippen molar-refractivity contribution in [1.29, 1.82) is 0 Å². The summed E-state index contributed by atoms with van der Waals surface area (Å²) >= 11 is 0. The zero-order chi connectivity index (χ0) is 14.8. The van der Waals surface area contributed by atoms with Crippen LogP contribution in [0.15, 0.2) is 54.6 Å². The highest BCUT2D eigenvalue weighted by molar-refractivity contribution is 5.93. The van der Waals surface area contributed by atoms with Gasteiger partial charge >= 0.3 is 6.03 Å². The van der Waals surface area contributed by atoms with Gasteiger partial charge in [-0.1, -0.05) is 36.4 Å². The Labute approximate surface area is 124 Å². The molecule has 2 unspecified atom stereocenters. The lowest BCUT2D eigenvalue weighted by molar-refractivity contribution is 0.251. The second kappa shape index (κ2) is 5.48. The molecule has 1 aliphatic rings. The Hall–Kier alpha value is -2.49. The van der Waals surface area contributed by atoms with Crippen LogP contribution in [0.4, 0.5) is 16.2 Å². The normalized spacial score (nSPS) is 20.7. The van der Waals surface area contributed by atoms with Gasteiger partial charge in [0.1, 0.15) is 0 Å². The lowest BCUT2D eigenvalue weighted by Gasteiger charge is -2.39. The largest absolute Gasteiger partial charge is 0.378 e. The molecule has 0 aliphatic carbocycles. The Morgan fingerprint density at radius 1 is 1.14 bits per heavy atom. The summed E-state index contributed by atoms with van der Waals surface area (Å²) in [5.74, 6) is 0. The van der Waals surface area contributed by atoms with Crippen LogP contribution in [0.2, 0.25) is 0 Å². The number of fused-ring (bicyclic) bond motifs is 1. The van der Waals surface area contributed by atoms with Gasteiger partial charge in [0.25, 0.3) is 0 Å². The highest BCUT2D eigenvalue weighted by atomic mass is 16.2. The molecule has 0 spiro atoms. The topological polar surface area (TPSA) is 58.4 Å². The van der Waals surface area contributed by atoms with Crippen LogP contribution in [0.5, 0.6) is 0 Å². The minimum absolute atomic E-state index is 0.0682. The van der Waals surface area contributed by atoms with E-state index in [1.54, 1.807) is 4.90 Å². The Morgan fingerprint density at radius 2 is 1.81 bits per heavy atom. The maximum absolute atomic E-state index is 11.7. The highest BCUT2D eigenvalue weighted by Crippen LogP contribution is 2.38. The van der Waals surface area contributed by atoms with Crippen LogP contribution in [0, 0.1) is 0 Å². The first kappa shape index (κ1) is 13.5. The Bertz CT molecular complexity index is 641. The second-order valence-corrected chi connectivity index (χ2v) is 5.41. The summed E-state index contributed by atoms with van der Waals surface area (Å²) in [5.41, 5.74) is 8.63. The molecule has 1 aliphatic heterocycles. The number of urea groups is 1. The van der Waals surface area contributed by atoms with E-state index in [4.69, 9.17) is 5.73 Å². The number of carbonyl (C=O) groups is 1. The molecule has 3 N–H and O–H groups in total. The molecule has 0 radical (unpaired) electrons. The molecule has 4 nitrogen and oxygen atoms in total. The highest BCUT2D eigenvalue weighted by Gasteiger charge is 2.32. The lowest BCUT2D eigenvalue weighted by Crippen LogP contribution is -2.47. The van der Waals surface area contributed by atoms with Crippen LogP contribution in [0.1, 0.15) is 24.9 Å². The molecular formula is C17H19N3O. The molecule has 2 atom stereocenters. The third kappa shape index (κ3) is 2.57. The number of hydrogen-bond acceptors (Lipinski definition) is 2. The van der Waals surface area contributed by atoms with Gasteiger partial charge in [0.05, 0.1) is 11.7 Å². The zero-order valence-electron chi connectivity index (χ0n) is 12.0. The van der Waals surface area contributed by atoms with Crippen molar-refractivity contribution in [3.63, 3.8) is 0 Å². The number of para-hydroxylation sites is 2. The quantitative estimate of drug-likeness (QED) is 0.885. The predicted octanol–water partition coefficient (Wildman–Crippen LogP) is 3.52. The maximum Gasteiger partial charge on any atom is 0.319 e. The average Bonchev–Trinajstić information content (AvgIpc) is 2.48. The van der Waals surface area contributed by atoms with Crippen LogP contribution in [0.3, 0.4) is 0 Å². The van der Waals surface area contributed by atoms with Gasteiger partial charge in [-0.3, -0.25) is 4.90 Å². The Balaban J connectivity index is 1.96. The van der Waals surface area contributed by atoms with Crippen molar-refractivity contribution >= 4 is 17.4 Å². The molecule has 3 rings (SSSR count). The average molecular weight is 281 g/mol. The van der Waals surface area contributed by atoms with Gasteiger partial charge in [-0.05, 0) is 37.1 Å². The fourth-order valence-electron chi connectivity index (χ4n) is 3.02. The van der Waals surface area contributed by atoms with Crippen LogP contribution < -0.4 is 16.0 Å². The number of primary amides is 1. The van der Waals surface area contributed by atoms with Crippen LogP contribution in [-0.2, 0) is 0 Å². The van der Waals surface area contributed by atoms with Crippen LogP contribution in [-0.4, -0.2) is 12.1 Å². The summed E-state index contributed by atoms with van der Waals surface area (Å²) in [5, 5.41) is 3.55. The van der Waals surface area contributed by atoms with E-state index < -0.39 is 6.03 Å². The van der Waals surface area contributed by atoms with Crippen molar-refractivity contribution in [3.8, 4) is 0 Å². The van der Waals surface area contributed by atoms with Crippen molar-refractivity contribution in [3.05, 3.63) is 60.2 Å². The number of carbonyl (C=O) groups excluding carboxylic acids is 1. The molecule has 4 heteroatoms. The van der Waals surface area contributed by atoms with E-state index in [1.807, 2.05) is 55.5 Å². The van der Waals surface area contributed by atoms with E-state index in [2.05, 4.69) is 11.4 Å². The first-order chi connectivity index (χ1) is 10.2. The van der Waals surface area contributed by atoms with E-state index in [1.165, 1.54) is 0 Å². The van der Waals surface area contributed by atoms with Gasteiger partial charge in [-0.2, -0.15) is 0 Å². The number of amides is 2. The minimum atomic E-state index is -0.395. The van der Waals surface area contributed by atoms with Gasteiger partial charge in [0, 0.05) is 11.7 Å². The molecule has 2 amide bonds. The number of hydrogen-bond donors (Lipinski definition) is 2. The molecule has 21 heavy (non-hydrogen) atoms. The van der Waals surface area contributed by atoms with E-state index in [9.17, 15) is 4.79 Å². The lowest BCUT2D eigenvalue weighted by atomic mass is 9.91. The van der Waals surface area contributed by atoms with Crippen LogP contribution >= 0.6 is 0 Å². The summed E-state index contributed by atoms with van der Waals surface area (Å²) in [6.45, 7) is 2.03. The SMILES string of the molecule is CC1CC(Nc2ccccc2)c2ccccc2N1C(N)=O. The van der Waals surface area contributed by atoms with E-state index in [0.717, 1.165) is 23.4 Å². The molecular weight excluding hydrogens is 262 g/mol. The van der Waals surface area contributed by atoms with Gasteiger partial charge < -0.3 is 11.1 Å². The fraction of sp³-hybridized carbons (Fsp3) is 0.235. The summed E-state index contributed by atoms with van der Waals surface area (Å²) in [4.78, 5) is 13.4. The van der Waals surface area contributed by atoms with Crippen molar-refractivity contribution in [2.24, 2.45) is 5.73 Å². The third-order valence-corrected chi connectivity index (χ3v) is 3.94. The molecule has 108 valence electrons. The maximum atomic E-state index is 11.7. The number of anilines is 2. The zero-order valence-corrected chi connectivity index (χ0v) is 12.0. The molecule has 0 aromatic heterocycles. The fourth-order valence-corrected chi connectivity index (χ4v) is 3.02. The number of benzene rings is 2. The number of nitrogens with one attached hydrogen (secondary N) is 1. The summed E-state index contributed by atoms with van der Waals surface area (Å²) < 4.78 is 0. The molecule has 0 saturated carbocycles. The molecule has 0 bridgehead atoms. The predicted molar refractivity (Wildman–Crippen MR) is 85.4 cm³/mol. The van der Waals surface area contributed by atoms with Crippen molar-refractivity contribution in [2.75, 3.05) is 10.2 Å². The molecule has 1 heterocycles. The standard InChI is InChI=1S/C17H19N3O/c1-12-11-15(19-13-7-3-2-4-8-13)14-9-5-6-10-16(14)20(12)17(18)21/h2-10,12,15,19H,11H2,1H3,(H2,18,21). The van der Waals surface area contributed by atoms with E-state index in [-0.39, 0.29) is 12.1 Å². The number of rotatable bonds is 2. The van der Waals surface area contributed by atoms with Crippen molar-refractivity contribution in [2.45, 2.75) is 25.4 Å². The monoisotopic (exact) mass is 281 g/mol. The molecule has 2 aromatic carbocycles. The van der Waals surface area contributed by atoms with E-state index in [0.29, 0.717) is 0 Å². The summed E-state index contributed by atoms with van der Waals surface area (Å²) in [6.07, 6.45) is 0.828.